The van der Waals surface area contributed by atoms with Gasteiger partial charge in [0.05, 0.1) is 12.7 Å². The standard InChI is InChI=1S/C7H15NO3/c9-5-6(10)4-8-3-1-2-7(8)11/h6-7,9-11H,1-5H2. The highest BCUT2D eigenvalue weighted by molar-refractivity contribution is 4.72. The Labute approximate surface area is 66.1 Å². The number of aliphatic hydroxyl groups is 3. The molecule has 0 radical (unpaired) electrons. The molecule has 1 fully saturated rings. The normalized spacial score (nSPS) is 29.2. The molecule has 11 heavy (non-hydrogen) atoms. The molecule has 1 aliphatic heterocycles. The van der Waals surface area contributed by atoms with Gasteiger partial charge in [-0.3, -0.25) is 4.90 Å². The number of rotatable bonds is 3. The van der Waals surface area contributed by atoms with Crippen molar-refractivity contribution in [2.45, 2.75) is 25.2 Å². The summed E-state index contributed by atoms with van der Waals surface area (Å²) in [5, 5.41) is 26.8. The Hall–Kier alpha value is -0.160. The van der Waals surface area contributed by atoms with E-state index in [0.717, 1.165) is 19.4 Å². The summed E-state index contributed by atoms with van der Waals surface area (Å²) < 4.78 is 0. The zero-order chi connectivity index (χ0) is 8.27. The van der Waals surface area contributed by atoms with E-state index >= 15 is 0 Å². The van der Waals surface area contributed by atoms with Crippen LogP contribution >= 0.6 is 0 Å². The second-order valence-electron chi connectivity index (χ2n) is 2.95. The molecule has 1 saturated heterocycles. The van der Waals surface area contributed by atoms with Gasteiger partial charge >= 0.3 is 0 Å². The van der Waals surface area contributed by atoms with E-state index in [2.05, 4.69) is 0 Å². The third kappa shape index (κ3) is 2.41. The van der Waals surface area contributed by atoms with Crippen molar-refractivity contribution in [3.05, 3.63) is 0 Å². The van der Waals surface area contributed by atoms with Crippen LogP contribution in [-0.4, -0.2) is 52.2 Å². The predicted molar refractivity (Wildman–Crippen MR) is 39.9 cm³/mol. The number of likely N-dealkylation sites (tertiary alicyclic amines) is 1. The van der Waals surface area contributed by atoms with E-state index in [4.69, 9.17) is 10.2 Å². The van der Waals surface area contributed by atoms with Gasteiger partial charge in [0.25, 0.3) is 0 Å². The summed E-state index contributed by atoms with van der Waals surface area (Å²) in [6.45, 7) is 0.957. The highest BCUT2D eigenvalue weighted by atomic mass is 16.3. The molecule has 0 aliphatic carbocycles. The van der Waals surface area contributed by atoms with Crippen LogP contribution in [0.1, 0.15) is 12.8 Å². The highest BCUT2D eigenvalue weighted by Crippen LogP contribution is 2.14. The van der Waals surface area contributed by atoms with Crippen molar-refractivity contribution in [2.24, 2.45) is 0 Å². The third-order valence-corrected chi connectivity index (χ3v) is 1.99. The Morgan fingerprint density at radius 2 is 2.27 bits per heavy atom. The van der Waals surface area contributed by atoms with Gasteiger partial charge < -0.3 is 15.3 Å². The maximum atomic E-state index is 9.27. The molecule has 0 aromatic carbocycles. The Kier molecular flexibility index (Phi) is 3.26. The van der Waals surface area contributed by atoms with Gasteiger partial charge in [-0.1, -0.05) is 0 Å². The van der Waals surface area contributed by atoms with Crippen molar-refractivity contribution in [3.8, 4) is 0 Å². The quantitative estimate of drug-likeness (QED) is 0.484. The molecule has 0 aromatic rings. The van der Waals surface area contributed by atoms with Crippen LogP contribution in [0.3, 0.4) is 0 Å². The van der Waals surface area contributed by atoms with E-state index in [0.29, 0.717) is 6.54 Å². The average Bonchev–Trinajstić information content (AvgIpc) is 2.37. The smallest absolute Gasteiger partial charge is 0.107 e. The predicted octanol–water partition coefficient (Wildman–Crippen LogP) is -1.25. The van der Waals surface area contributed by atoms with Crippen molar-refractivity contribution in [1.29, 1.82) is 0 Å². The fraction of sp³-hybridized carbons (Fsp3) is 1.00. The molecule has 3 N–H and O–H groups in total. The van der Waals surface area contributed by atoms with Gasteiger partial charge in [-0.15, -0.1) is 0 Å². The molecular weight excluding hydrogens is 146 g/mol. The second kappa shape index (κ2) is 4.01. The summed E-state index contributed by atoms with van der Waals surface area (Å²) >= 11 is 0. The lowest BCUT2D eigenvalue weighted by atomic mass is 10.3. The van der Waals surface area contributed by atoms with Crippen LogP contribution in [0.2, 0.25) is 0 Å². The Bertz CT molecular complexity index is 120. The van der Waals surface area contributed by atoms with Crippen molar-refractivity contribution >= 4 is 0 Å². The van der Waals surface area contributed by atoms with E-state index in [1.165, 1.54) is 0 Å². The van der Waals surface area contributed by atoms with E-state index in [9.17, 15) is 5.11 Å². The fourth-order valence-electron chi connectivity index (χ4n) is 1.35. The Morgan fingerprint density at radius 3 is 2.73 bits per heavy atom. The minimum Gasteiger partial charge on any atom is -0.394 e. The SMILES string of the molecule is OCC(O)CN1CCCC1O. The van der Waals surface area contributed by atoms with Crippen LogP contribution in [0.25, 0.3) is 0 Å². The largest absolute Gasteiger partial charge is 0.394 e. The molecule has 1 rings (SSSR count). The molecule has 1 heterocycles. The van der Waals surface area contributed by atoms with Crippen LogP contribution in [0.5, 0.6) is 0 Å². The van der Waals surface area contributed by atoms with Gasteiger partial charge in [0, 0.05) is 13.1 Å². The molecule has 0 bridgehead atoms. The minimum atomic E-state index is -0.720. The van der Waals surface area contributed by atoms with Gasteiger partial charge in [-0.05, 0) is 12.8 Å². The molecule has 2 atom stereocenters. The second-order valence-corrected chi connectivity index (χ2v) is 2.95. The highest BCUT2D eigenvalue weighted by Gasteiger charge is 2.23. The summed E-state index contributed by atoms with van der Waals surface area (Å²) in [6.07, 6.45) is 0.608. The molecule has 1 aliphatic rings. The topological polar surface area (TPSA) is 63.9 Å². The molecule has 4 nitrogen and oxygen atoms in total. The number of aliphatic hydroxyl groups excluding tert-OH is 3. The first-order valence-corrected chi connectivity index (χ1v) is 3.95. The van der Waals surface area contributed by atoms with Gasteiger partial charge in [-0.25, -0.2) is 0 Å². The molecule has 2 unspecified atom stereocenters. The van der Waals surface area contributed by atoms with E-state index < -0.39 is 12.3 Å². The Balaban J connectivity index is 2.24. The van der Waals surface area contributed by atoms with Crippen LogP contribution in [0.4, 0.5) is 0 Å². The fourth-order valence-corrected chi connectivity index (χ4v) is 1.35. The summed E-state index contributed by atoms with van der Waals surface area (Å²) in [6, 6.07) is 0. The lowest BCUT2D eigenvalue weighted by Crippen LogP contribution is -2.37. The zero-order valence-electron chi connectivity index (χ0n) is 6.48. The first-order valence-electron chi connectivity index (χ1n) is 3.95. The van der Waals surface area contributed by atoms with Crippen LogP contribution in [0.15, 0.2) is 0 Å². The van der Waals surface area contributed by atoms with Gasteiger partial charge in [-0.2, -0.15) is 0 Å². The van der Waals surface area contributed by atoms with Crippen molar-refractivity contribution in [2.75, 3.05) is 19.7 Å². The van der Waals surface area contributed by atoms with Gasteiger partial charge in [0.1, 0.15) is 6.23 Å². The maximum absolute atomic E-state index is 9.27. The number of nitrogens with zero attached hydrogens (tertiary/aromatic N) is 1. The Morgan fingerprint density at radius 1 is 1.55 bits per heavy atom. The molecule has 0 aromatic heterocycles. The van der Waals surface area contributed by atoms with Crippen LogP contribution in [-0.2, 0) is 0 Å². The van der Waals surface area contributed by atoms with E-state index in [1.807, 2.05) is 0 Å². The molecular formula is C7H15NO3. The first kappa shape index (κ1) is 8.93. The monoisotopic (exact) mass is 161 g/mol. The summed E-state index contributed by atoms with van der Waals surface area (Å²) in [7, 11) is 0. The minimum absolute atomic E-state index is 0.233. The first-order chi connectivity index (χ1) is 5.24. The zero-order valence-corrected chi connectivity index (χ0v) is 6.48. The molecule has 4 heteroatoms. The average molecular weight is 161 g/mol. The van der Waals surface area contributed by atoms with Crippen molar-refractivity contribution in [3.63, 3.8) is 0 Å². The van der Waals surface area contributed by atoms with Gasteiger partial charge in [0.15, 0.2) is 0 Å². The number of hydrogen-bond donors (Lipinski definition) is 3. The number of hydrogen-bond acceptors (Lipinski definition) is 4. The lowest BCUT2D eigenvalue weighted by molar-refractivity contribution is -0.00752. The summed E-state index contributed by atoms with van der Waals surface area (Å²) in [5.74, 6) is 0. The van der Waals surface area contributed by atoms with Gasteiger partial charge in [0.2, 0.25) is 0 Å². The third-order valence-electron chi connectivity index (χ3n) is 1.99. The number of β-amino-alcohol motifs (C(OH)–C–C–N with tert-alkyl or cyclic N) is 1. The van der Waals surface area contributed by atoms with Crippen molar-refractivity contribution in [1.82, 2.24) is 4.90 Å². The lowest BCUT2D eigenvalue weighted by Gasteiger charge is -2.21. The van der Waals surface area contributed by atoms with E-state index in [1.54, 1.807) is 4.90 Å². The molecule has 0 saturated carbocycles. The van der Waals surface area contributed by atoms with Crippen molar-refractivity contribution < 1.29 is 15.3 Å². The van der Waals surface area contributed by atoms with Crippen LogP contribution in [0, 0.1) is 0 Å². The molecule has 0 amide bonds. The summed E-state index contributed by atoms with van der Waals surface area (Å²) in [5.41, 5.74) is 0. The van der Waals surface area contributed by atoms with E-state index in [-0.39, 0.29) is 6.61 Å². The maximum Gasteiger partial charge on any atom is 0.107 e. The molecule has 66 valence electrons. The molecule has 0 spiro atoms. The summed E-state index contributed by atoms with van der Waals surface area (Å²) in [4.78, 5) is 1.78. The van der Waals surface area contributed by atoms with Crippen LogP contribution < -0.4 is 0 Å².